The van der Waals surface area contributed by atoms with E-state index in [9.17, 15) is 9.59 Å². The molecule has 7 heteroatoms. The minimum atomic E-state index is -0.978. The lowest BCUT2D eigenvalue weighted by Gasteiger charge is -2.12. The summed E-state index contributed by atoms with van der Waals surface area (Å²) in [5, 5.41) is 15.2. The summed E-state index contributed by atoms with van der Waals surface area (Å²) < 4.78 is 6.58. The first-order valence-electron chi connectivity index (χ1n) is 5.73. The molecule has 98 valence electrons. The molecular formula is C11H15N3O4. The van der Waals surface area contributed by atoms with Crippen molar-refractivity contribution in [3.63, 3.8) is 0 Å². The molecule has 1 amide bonds. The predicted octanol–water partition coefficient (Wildman–Crippen LogP) is 0.331. The molecule has 0 aromatic carbocycles. The molecule has 2 rings (SSSR count). The topological polar surface area (TPSA) is 93.5 Å². The van der Waals surface area contributed by atoms with E-state index in [4.69, 9.17) is 9.84 Å². The number of rotatable bonds is 4. The Kier molecular flexibility index (Phi) is 3.61. The van der Waals surface area contributed by atoms with Gasteiger partial charge in [0.2, 0.25) is 5.91 Å². The van der Waals surface area contributed by atoms with Gasteiger partial charge in [-0.1, -0.05) is 0 Å². The Balaban J connectivity index is 1.94. The van der Waals surface area contributed by atoms with Crippen LogP contribution in [0.4, 0.5) is 5.69 Å². The molecule has 0 spiro atoms. The van der Waals surface area contributed by atoms with Crippen LogP contribution in [0.2, 0.25) is 0 Å². The molecule has 7 nitrogen and oxygen atoms in total. The van der Waals surface area contributed by atoms with E-state index in [0.717, 1.165) is 0 Å². The Morgan fingerprint density at radius 1 is 1.67 bits per heavy atom. The van der Waals surface area contributed by atoms with Crippen molar-refractivity contribution in [3.8, 4) is 0 Å². The number of hydrogen-bond donors (Lipinski definition) is 2. The van der Waals surface area contributed by atoms with Crippen LogP contribution in [0, 0.1) is 5.92 Å². The summed E-state index contributed by atoms with van der Waals surface area (Å²) >= 11 is 0. The van der Waals surface area contributed by atoms with Gasteiger partial charge in [0.25, 0.3) is 0 Å². The molecule has 1 aromatic rings. The molecule has 0 radical (unpaired) electrons. The zero-order valence-electron chi connectivity index (χ0n) is 10.00. The first-order valence-corrected chi connectivity index (χ1v) is 5.73. The van der Waals surface area contributed by atoms with Crippen LogP contribution in [-0.2, 0) is 20.9 Å². The lowest BCUT2D eigenvalue weighted by Crippen LogP contribution is -2.27. The van der Waals surface area contributed by atoms with Crippen LogP contribution in [0.5, 0.6) is 0 Å². The number of hydrogen-bond acceptors (Lipinski definition) is 4. The van der Waals surface area contributed by atoms with Gasteiger partial charge in [-0.3, -0.25) is 14.3 Å². The van der Waals surface area contributed by atoms with Crippen molar-refractivity contribution >= 4 is 17.6 Å². The maximum atomic E-state index is 11.9. The molecule has 1 saturated heterocycles. The molecule has 1 aliphatic heterocycles. The molecular weight excluding hydrogens is 238 g/mol. The maximum absolute atomic E-state index is 11.9. The summed E-state index contributed by atoms with van der Waals surface area (Å²) in [5.74, 6) is -1.25. The number of nitrogens with one attached hydrogen (secondary N) is 1. The fraction of sp³-hybridized carbons (Fsp3) is 0.545. The quantitative estimate of drug-likeness (QED) is 0.806. The first-order chi connectivity index (χ1) is 8.56. The van der Waals surface area contributed by atoms with E-state index in [1.54, 1.807) is 0 Å². The lowest BCUT2D eigenvalue weighted by molar-refractivity contribution is -0.137. The van der Waals surface area contributed by atoms with Gasteiger partial charge in [-0.15, -0.1) is 0 Å². The minimum Gasteiger partial charge on any atom is -0.480 e. The van der Waals surface area contributed by atoms with Gasteiger partial charge in [0, 0.05) is 12.8 Å². The summed E-state index contributed by atoms with van der Waals surface area (Å²) in [6.07, 6.45) is 3.54. The Bertz CT molecular complexity index is 457. The highest BCUT2D eigenvalue weighted by atomic mass is 16.5. The first kappa shape index (κ1) is 12.6. The molecule has 1 fully saturated rings. The second kappa shape index (κ2) is 5.18. The highest BCUT2D eigenvalue weighted by Gasteiger charge is 2.30. The molecule has 0 bridgehead atoms. The summed E-state index contributed by atoms with van der Waals surface area (Å²) in [6.45, 7) is 2.24. The van der Waals surface area contributed by atoms with E-state index in [1.165, 1.54) is 17.1 Å². The minimum absolute atomic E-state index is 0.0842. The fourth-order valence-electron chi connectivity index (χ4n) is 1.96. The smallest absolute Gasteiger partial charge is 0.325 e. The van der Waals surface area contributed by atoms with Crippen molar-refractivity contribution in [1.29, 1.82) is 0 Å². The summed E-state index contributed by atoms with van der Waals surface area (Å²) in [6, 6.07) is 0. The normalized spacial score (nSPS) is 22.9. The summed E-state index contributed by atoms with van der Waals surface area (Å²) in [4.78, 5) is 22.4. The molecule has 1 aromatic heterocycles. The van der Waals surface area contributed by atoms with Gasteiger partial charge < -0.3 is 15.2 Å². The second-order valence-corrected chi connectivity index (χ2v) is 4.28. The number of amides is 1. The van der Waals surface area contributed by atoms with E-state index in [0.29, 0.717) is 18.7 Å². The summed E-state index contributed by atoms with van der Waals surface area (Å²) in [5.41, 5.74) is 0.500. The van der Waals surface area contributed by atoms with E-state index in [-0.39, 0.29) is 24.5 Å². The van der Waals surface area contributed by atoms with E-state index in [1.807, 2.05) is 6.92 Å². The van der Waals surface area contributed by atoms with Crippen molar-refractivity contribution in [2.75, 3.05) is 11.9 Å². The SMILES string of the molecule is CC1OCCC1C(=O)Nc1cnn(CC(=O)O)c1. The standard InChI is InChI=1S/C11H15N3O4/c1-7-9(2-3-18-7)11(17)13-8-4-12-14(5-8)6-10(15)16/h4-5,7,9H,2-3,6H2,1H3,(H,13,17)(H,15,16). The molecule has 2 atom stereocenters. The number of aliphatic carboxylic acids is 1. The largest absolute Gasteiger partial charge is 0.480 e. The number of carboxylic acids is 1. The molecule has 0 saturated carbocycles. The Hall–Kier alpha value is -1.89. The van der Waals surface area contributed by atoms with E-state index < -0.39 is 5.97 Å². The third kappa shape index (κ3) is 2.86. The van der Waals surface area contributed by atoms with Crippen molar-refractivity contribution in [3.05, 3.63) is 12.4 Å². The number of carbonyl (C=O) groups excluding carboxylic acids is 1. The highest BCUT2D eigenvalue weighted by molar-refractivity contribution is 5.92. The molecule has 18 heavy (non-hydrogen) atoms. The van der Waals surface area contributed by atoms with E-state index >= 15 is 0 Å². The van der Waals surface area contributed by atoms with Gasteiger partial charge in [0.15, 0.2) is 0 Å². The van der Waals surface area contributed by atoms with Crippen LogP contribution in [-0.4, -0.2) is 39.5 Å². The predicted molar refractivity (Wildman–Crippen MR) is 62.0 cm³/mol. The van der Waals surface area contributed by atoms with Gasteiger partial charge in [-0.2, -0.15) is 5.10 Å². The Labute approximate surface area is 104 Å². The third-order valence-corrected chi connectivity index (χ3v) is 2.91. The molecule has 2 N–H and O–H groups in total. The van der Waals surface area contributed by atoms with Crippen molar-refractivity contribution in [2.45, 2.75) is 26.0 Å². The van der Waals surface area contributed by atoms with Crippen LogP contribution in [0.15, 0.2) is 12.4 Å². The number of nitrogens with zero attached hydrogens (tertiary/aromatic N) is 2. The second-order valence-electron chi connectivity index (χ2n) is 4.28. The van der Waals surface area contributed by atoms with Crippen LogP contribution >= 0.6 is 0 Å². The average Bonchev–Trinajstić information content (AvgIpc) is 2.87. The number of ether oxygens (including phenoxy) is 1. The summed E-state index contributed by atoms with van der Waals surface area (Å²) in [7, 11) is 0. The highest BCUT2D eigenvalue weighted by Crippen LogP contribution is 2.22. The van der Waals surface area contributed by atoms with Gasteiger partial charge >= 0.3 is 5.97 Å². The molecule has 2 unspecified atom stereocenters. The van der Waals surface area contributed by atoms with Crippen molar-refractivity contribution in [2.24, 2.45) is 5.92 Å². The van der Waals surface area contributed by atoms with Gasteiger partial charge in [0.1, 0.15) is 6.54 Å². The zero-order chi connectivity index (χ0) is 13.1. The average molecular weight is 253 g/mol. The Morgan fingerprint density at radius 3 is 3.06 bits per heavy atom. The van der Waals surface area contributed by atoms with E-state index in [2.05, 4.69) is 10.4 Å². The number of anilines is 1. The molecule has 0 aliphatic carbocycles. The van der Waals surface area contributed by atoms with Gasteiger partial charge in [0.05, 0.1) is 23.9 Å². The number of aromatic nitrogens is 2. The van der Waals surface area contributed by atoms with Gasteiger partial charge in [-0.05, 0) is 13.3 Å². The molecule has 2 heterocycles. The number of carboxylic acid groups (broad SMARTS) is 1. The van der Waals surface area contributed by atoms with Crippen LogP contribution in [0.25, 0.3) is 0 Å². The van der Waals surface area contributed by atoms with Crippen molar-refractivity contribution < 1.29 is 19.4 Å². The Morgan fingerprint density at radius 2 is 2.44 bits per heavy atom. The van der Waals surface area contributed by atoms with Crippen LogP contribution in [0.1, 0.15) is 13.3 Å². The van der Waals surface area contributed by atoms with Gasteiger partial charge in [-0.25, -0.2) is 0 Å². The maximum Gasteiger partial charge on any atom is 0.325 e. The third-order valence-electron chi connectivity index (χ3n) is 2.91. The lowest BCUT2D eigenvalue weighted by atomic mass is 10.0. The monoisotopic (exact) mass is 253 g/mol. The van der Waals surface area contributed by atoms with Crippen LogP contribution < -0.4 is 5.32 Å². The zero-order valence-corrected chi connectivity index (χ0v) is 10.00. The fourth-order valence-corrected chi connectivity index (χ4v) is 1.96. The number of carbonyl (C=O) groups is 2. The van der Waals surface area contributed by atoms with Crippen molar-refractivity contribution in [1.82, 2.24) is 9.78 Å². The molecule has 1 aliphatic rings. The van der Waals surface area contributed by atoms with Crippen LogP contribution in [0.3, 0.4) is 0 Å².